The molecule has 1 saturated heterocycles. The minimum atomic E-state index is -1.81. The first-order valence-electron chi connectivity index (χ1n) is 8.36. The number of amides is 1. The fourth-order valence-electron chi connectivity index (χ4n) is 3.14. The number of alkyl halides is 1. The van der Waals surface area contributed by atoms with Gasteiger partial charge in [-0.3, -0.25) is 14.5 Å². The van der Waals surface area contributed by atoms with E-state index in [2.05, 4.69) is 20.1 Å². The Balaban J connectivity index is 1.99. The van der Waals surface area contributed by atoms with Crippen molar-refractivity contribution in [1.82, 2.24) is 24.6 Å². The van der Waals surface area contributed by atoms with E-state index in [0.29, 0.717) is 23.2 Å². The van der Waals surface area contributed by atoms with Crippen LogP contribution in [0.15, 0.2) is 23.7 Å². The summed E-state index contributed by atoms with van der Waals surface area (Å²) in [5.74, 6) is 0.171. The van der Waals surface area contributed by atoms with Gasteiger partial charge in [-0.15, -0.1) is 0 Å². The van der Waals surface area contributed by atoms with E-state index in [1.54, 1.807) is 26.2 Å². The van der Waals surface area contributed by atoms with E-state index < -0.39 is 11.7 Å². The maximum Gasteiger partial charge on any atom is 0.222 e. The average Bonchev–Trinajstić information content (AvgIpc) is 3.12. The van der Waals surface area contributed by atoms with Crippen LogP contribution < -0.4 is 5.73 Å². The minimum absolute atomic E-state index is 0.0880. The number of carbonyl (C=O) groups excluding carboxylic acids is 1. The van der Waals surface area contributed by atoms with Crippen molar-refractivity contribution in [2.75, 3.05) is 25.9 Å². The van der Waals surface area contributed by atoms with E-state index in [-0.39, 0.29) is 24.8 Å². The van der Waals surface area contributed by atoms with E-state index in [1.165, 1.54) is 28.3 Å². The van der Waals surface area contributed by atoms with Gasteiger partial charge in [0.05, 0.1) is 30.5 Å². The molecule has 10 heteroatoms. The van der Waals surface area contributed by atoms with Gasteiger partial charge in [0.15, 0.2) is 0 Å². The quantitative estimate of drug-likeness (QED) is 0.775. The van der Waals surface area contributed by atoms with Crippen LogP contribution in [0, 0.1) is 11.3 Å². The lowest BCUT2D eigenvalue weighted by Crippen LogP contribution is -2.68. The third-order valence-electron chi connectivity index (χ3n) is 4.65. The second-order valence-corrected chi connectivity index (χ2v) is 6.28. The summed E-state index contributed by atoms with van der Waals surface area (Å²) in [6.45, 7) is 1.91. The molecule has 140 valence electrons. The van der Waals surface area contributed by atoms with Gasteiger partial charge in [-0.1, -0.05) is 6.92 Å². The van der Waals surface area contributed by atoms with Crippen molar-refractivity contribution in [2.24, 2.45) is 4.99 Å². The Morgan fingerprint density at radius 1 is 1.56 bits per heavy atom. The molecular formula is C17H19FN8O. The first-order valence-corrected chi connectivity index (χ1v) is 8.36. The standard InChI is InChI=1S/C17H19FN8O/c1-3-14(27)25-8-17(9-25,13(18)4-19)26-7-11(5-24-26)15-12(6-21-2)16(20)23-10-22-15/h5-7,10,13H,3,8-9H2,1-2H3,(H2,20,22,23)/b21-6-. The van der Waals surface area contributed by atoms with Gasteiger partial charge in [-0.05, 0) is 0 Å². The Labute approximate surface area is 155 Å². The zero-order chi connectivity index (χ0) is 19.6. The van der Waals surface area contributed by atoms with Gasteiger partial charge in [0.25, 0.3) is 0 Å². The van der Waals surface area contributed by atoms with Gasteiger partial charge in [-0.2, -0.15) is 10.4 Å². The van der Waals surface area contributed by atoms with Gasteiger partial charge in [-0.25, -0.2) is 14.4 Å². The van der Waals surface area contributed by atoms with E-state index in [1.807, 2.05) is 0 Å². The predicted molar refractivity (Wildman–Crippen MR) is 96.5 cm³/mol. The first-order chi connectivity index (χ1) is 13.0. The molecule has 0 spiro atoms. The number of halogens is 1. The molecule has 1 unspecified atom stereocenters. The number of aromatic nitrogens is 4. The zero-order valence-electron chi connectivity index (χ0n) is 15.0. The van der Waals surface area contributed by atoms with Crippen LogP contribution in [0.25, 0.3) is 11.3 Å². The van der Waals surface area contributed by atoms with Crippen molar-refractivity contribution in [3.63, 3.8) is 0 Å². The molecule has 2 aromatic heterocycles. The number of anilines is 1. The topological polar surface area (TPSA) is 126 Å². The van der Waals surface area contributed by atoms with Crippen molar-refractivity contribution >= 4 is 17.9 Å². The molecule has 0 bridgehead atoms. The van der Waals surface area contributed by atoms with E-state index in [4.69, 9.17) is 11.0 Å². The zero-order valence-corrected chi connectivity index (χ0v) is 15.0. The normalized spacial score (nSPS) is 16.7. The number of hydrogen-bond acceptors (Lipinski definition) is 7. The Bertz CT molecular complexity index is 925. The molecule has 0 saturated carbocycles. The number of rotatable bonds is 5. The van der Waals surface area contributed by atoms with Gasteiger partial charge in [0.1, 0.15) is 23.8 Å². The summed E-state index contributed by atoms with van der Waals surface area (Å²) < 4.78 is 15.9. The molecule has 1 aliphatic heterocycles. The molecule has 1 atom stereocenters. The van der Waals surface area contributed by atoms with Crippen LogP contribution in [0.4, 0.5) is 10.2 Å². The van der Waals surface area contributed by atoms with Crippen LogP contribution in [0.1, 0.15) is 18.9 Å². The smallest absolute Gasteiger partial charge is 0.222 e. The van der Waals surface area contributed by atoms with E-state index >= 15 is 0 Å². The molecule has 1 amide bonds. The van der Waals surface area contributed by atoms with Crippen molar-refractivity contribution in [1.29, 1.82) is 5.26 Å². The maximum atomic E-state index is 14.5. The Kier molecular flexibility index (Phi) is 4.85. The molecule has 3 heterocycles. The van der Waals surface area contributed by atoms with Crippen molar-refractivity contribution in [3.8, 4) is 17.3 Å². The summed E-state index contributed by atoms with van der Waals surface area (Å²) in [5, 5.41) is 13.4. The number of nitriles is 1. The number of likely N-dealkylation sites (tertiary alicyclic amines) is 1. The summed E-state index contributed by atoms with van der Waals surface area (Å²) in [4.78, 5) is 25.5. The lowest BCUT2D eigenvalue weighted by atomic mass is 9.85. The summed E-state index contributed by atoms with van der Waals surface area (Å²) in [6.07, 6.45) is 4.50. The summed E-state index contributed by atoms with van der Waals surface area (Å²) >= 11 is 0. The van der Waals surface area contributed by atoms with E-state index in [0.717, 1.165) is 0 Å². The Morgan fingerprint density at radius 2 is 2.30 bits per heavy atom. The van der Waals surface area contributed by atoms with Gasteiger partial charge in [0, 0.05) is 31.4 Å². The SMILES string of the molecule is CCC(=O)N1CC(C(F)C#N)(n2cc(-c3ncnc(N)c3/C=N\C)cn2)C1. The highest BCUT2D eigenvalue weighted by atomic mass is 19.1. The van der Waals surface area contributed by atoms with Gasteiger partial charge >= 0.3 is 0 Å². The molecule has 0 radical (unpaired) electrons. The molecule has 2 N–H and O–H groups in total. The number of nitrogen functional groups attached to an aromatic ring is 1. The summed E-state index contributed by atoms with van der Waals surface area (Å²) in [6, 6.07) is 1.64. The average molecular weight is 370 g/mol. The highest BCUT2D eigenvalue weighted by Gasteiger charge is 2.53. The molecule has 0 aromatic carbocycles. The predicted octanol–water partition coefficient (Wildman–Crippen LogP) is 0.780. The van der Waals surface area contributed by atoms with E-state index in [9.17, 15) is 9.18 Å². The lowest BCUT2D eigenvalue weighted by Gasteiger charge is -2.49. The first kappa shape index (κ1) is 18.4. The lowest BCUT2D eigenvalue weighted by molar-refractivity contribution is -0.145. The second-order valence-electron chi connectivity index (χ2n) is 6.28. The molecule has 9 nitrogen and oxygen atoms in total. The van der Waals surface area contributed by atoms with Crippen LogP contribution in [0.5, 0.6) is 0 Å². The summed E-state index contributed by atoms with van der Waals surface area (Å²) in [5.41, 5.74) is 6.30. The fourth-order valence-corrected chi connectivity index (χ4v) is 3.14. The molecule has 1 aliphatic rings. The Hall–Kier alpha value is -3.35. The van der Waals surface area contributed by atoms with Crippen LogP contribution in [0.2, 0.25) is 0 Å². The number of aliphatic imine (C=N–C) groups is 1. The Morgan fingerprint density at radius 3 is 2.93 bits per heavy atom. The molecule has 0 aliphatic carbocycles. The van der Waals surface area contributed by atoms with Gasteiger partial charge < -0.3 is 10.6 Å². The van der Waals surface area contributed by atoms with Crippen molar-refractivity contribution in [2.45, 2.75) is 25.1 Å². The number of nitrogens with two attached hydrogens (primary N) is 1. The third kappa shape index (κ3) is 3.01. The van der Waals surface area contributed by atoms with Crippen LogP contribution >= 0.6 is 0 Å². The molecule has 2 aromatic rings. The number of hydrogen-bond donors (Lipinski definition) is 1. The number of nitrogens with zero attached hydrogens (tertiary/aromatic N) is 7. The fraction of sp³-hybridized carbons (Fsp3) is 0.412. The third-order valence-corrected chi connectivity index (χ3v) is 4.65. The van der Waals surface area contributed by atoms with Crippen molar-refractivity contribution < 1.29 is 9.18 Å². The molecule has 3 rings (SSSR count). The minimum Gasteiger partial charge on any atom is -0.383 e. The molecule has 1 fully saturated rings. The second kappa shape index (κ2) is 7.11. The van der Waals surface area contributed by atoms with Crippen molar-refractivity contribution in [3.05, 3.63) is 24.3 Å². The van der Waals surface area contributed by atoms with Crippen LogP contribution in [-0.2, 0) is 10.3 Å². The number of carbonyl (C=O) groups is 1. The van der Waals surface area contributed by atoms with Gasteiger partial charge in [0.2, 0.25) is 12.1 Å². The highest BCUT2D eigenvalue weighted by Crippen LogP contribution is 2.36. The molecule has 27 heavy (non-hydrogen) atoms. The molecular weight excluding hydrogens is 351 g/mol. The maximum absolute atomic E-state index is 14.5. The largest absolute Gasteiger partial charge is 0.383 e. The summed E-state index contributed by atoms with van der Waals surface area (Å²) in [7, 11) is 1.60. The highest BCUT2D eigenvalue weighted by molar-refractivity contribution is 5.93. The van der Waals surface area contributed by atoms with Crippen LogP contribution in [0.3, 0.4) is 0 Å². The van der Waals surface area contributed by atoms with Crippen LogP contribution in [-0.4, -0.2) is 63.1 Å². The monoisotopic (exact) mass is 370 g/mol.